The van der Waals surface area contributed by atoms with E-state index in [0.717, 1.165) is 0 Å². The van der Waals surface area contributed by atoms with Crippen molar-refractivity contribution in [1.29, 1.82) is 0 Å². The predicted octanol–water partition coefficient (Wildman–Crippen LogP) is 0.736. The first kappa shape index (κ1) is 10.2. The Hall–Kier alpha value is -0.840. The number of halogens is 1. The molecule has 0 spiro atoms. The fourth-order valence-electron chi connectivity index (χ4n) is 0.916. The van der Waals surface area contributed by atoms with Gasteiger partial charge in [-0.05, 0) is 11.6 Å². The molecule has 5 heteroatoms. The molecule has 0 aromatic carbocycles. The van der Waals surface area contributed by atoms with E-state index < -0.39 is 6.04 Å². The van der Waals surface area contributed by atoms with E-state index in [9.17, 15) is 0 Å². The first-order chi connectivity index (χ1) is 6.17. The Morgan fingerprint density at radius 2 is 2.38 bits per heavy atom. The molecule has 0 fully saturated rings. The van der Waals surface area contributed by atoms with Crippen LogP contribution in [0.5, 0.6) is 5.88 Å². The molecule has 1 heterocycles. The zero-order chi connectivity index (χ0) is 9.84. The summed E-state index contributed by atoms with van der Waals surface area (Å²) in [4.78, 5) is 3.88. The van der Waals surface area contributed by atoms with Gasteiger partial charge in [0, 0.05) is 6.07 Å². The molecule has 1 rings (SSSR count). The third kappa shape index (κ3) is 2.55. The molecule has 0 bridgehead atoms. The Bertz CT molecular complexity index is 293. The summed E-state index contributed by atoms with van der Waals surface area (Å²) < 4.78 is 4.90. The lowest BCUT2D eigenvalue weighted by Crippen LogP contribution is -2.14. The van der Waals surface area contributed by atoms with Gasteiger partial charge in [0.1, 0.15) is 5.15 Å². The molecule has 0 amide bonds. The molecule has 0 saturated carbocycles. The number of aromatic nitrogens is 1. The van der Waals surface area contributed by atoms with Gasteiger partial charge in [-0.1, -0.05) is 11.6 Å². The second kappa shape index (κ2) is 4.41. The van der Waals surface area contributed by atoms with Gasteiger partial charge in [-0.2, -0.15) is 0 Å². The topological polar surface area (TPSA) is 68.4 Å². The SMILES string of the molecule is COc1cc([C@H](N)CO)cc(Cl)n1. The van der Waals surface area contributed by atoms with Gasteiger partial charge < -0.3 is 15.6 Å². The Kier molecular flexibility index (Phi) is 3.48. The fraction of sp³-hybridized carbons (Fsp3) is 0.375. The molecule has 3 N–H and O–H groups in total. The highest BCUT2D eigenvalue weighted by Crippen LogP contribution is 2.19. The van der Waals surface area contributed by atoms with Crippen LogP contribution < -0.4 is 10.5 Å². The molecule has 0 radical (unpaired) electrons. The van der Waals surface area contributed by atoms with Gasteiger partial charge in [0.2, 0.25) is 5.88 Å². The van der Waals surface area contributed by atoms with Crippen LogP contribution in [0.2, 0.25) is 5.15 Å². The highest BCUT2D eigenvalue weighted by Gasteiger charge is 2.07. The summed E-state index contributed by atoms with van der Waals surface area (Å²) in [5.74, 6) is 0.395. The van der Waals surface area contributed by atoms with Crippen LogP contribution in [0.1, 0.15) is 11.6 Å². The van der Waals surface area contributed by atoms with Crippen LogP contribution >= 0.6 is 11.6 Å². The van der Waals surface area contributed by atoms with Crippen LogP contribution in [-0.4, -0.2) is 23.8 Å². The standard InChI is InChI=1S/C8H11ClN2O2/c1-13-8-3-5(6(10)4-12)2-7(9)11-8/h2-3,6,12H,4,10H2,1H3/t6-/m1/s1. The summed E-state index contributed by atoms with van der Waals surface area (Å²) in [7, 11) is 1.49. The second-order valence-electron chi connectivity index (χ2n) is 2.55. The van der Waals surface area contributed by atoms with Crippen LogP contribution in [-0.2, 0) is 0 Å². The second-order valence-corrected chi connectivity index (χ2v) is 2.94. The normalized spacial score (nSPS) is 12.6. The average molecular weight is 203 g/mol. The Balaban J connectivity index is 3.01. The number of pyridine rings is 1. The lowest BCUT2D eigenvalue weighted by Gasteiger charge is -2.09. The lowest BCUT2D eigenvalue weighted by atomic mass is 10.1. The molecule has 1 aromatic rings. The molecular formula is C8H11ClN2O2. The Morgan fingerprint density at radius 1 is 1.69 bits per heavy atom. The molecule has 1 atom stereocenters. The maximum atomic E-state index is 8.81. The smallest absolute Gasteiger partial charge is 0.214 e. The van der Waals surface area contributed by atoms with Crippen LogP contribution in [0.3, 0.4) is 0 Å². The highest BCUT2D eigenvalue weighted by molar-refractivity contribution is 6.29. The minimum atomic E-state index is -0.450. The Labute approximate surface area is 81.3 Å². The van der Waals surface area contributed by atoms with E-state index in [1.807, 2.05) is 0 Å². The molecule has 0 aliphatic heterocycles. The van der Waals surface area contributed by atoms with Gasteiger partial charge in [-0.3, -0.25) is 0 Å². The zero-order valence-electron chi connectivity index (χ0n) is 7.20. The van der Waals surface area contributed by atoms with E-state index in [1.54, 1.807) is 12.1 Å². The van der Waals surface area contributed by atoms with Crippen molar-refractivity contribution in [2.24, 2.45) is 5.73 Å². The van der Waals surface area contributed by atoms with Crippen LogP contribution in [0, 0.1) is 0 Å². The van der Waals surface area contributed by atoms with Crippen molar-refractivity contribution in [1.82, 2.24) is 4.98 Å². The third-order valence-electron chi connectivity index (χ3n) is 1.63. The summed E-state index contributed by atoms with van der Waals surface area (Å²) in [5.41, 5.74) is 6.30. The van der Waals surface area contributed by atoms with Crippen molar-refractivity contribution in [2.75, 3.05) is 13.7 Å². The predicted molar refractivity (Wildman–Crippen MR) is 49.8 cm³/mol. The first-order valence-corrected chi connectivity index (χ1v) is 4.13. The highest BCUT2D eigenvalue weighted by atomic mass is 35.5. The molecule has 13 heavy (non-hydrogen) atoms. The van der Waals surface area contributed by atoms with Crippen LogP contribution in [0.15, 0.2) is 12.1 Å². The summed E-state index contributed by atoms with van der Waals surface area (Å²) in [6.45, 7) is -0.135. The minimum Gasteiger partial charge on any atom is -0.481 e. The maximum Gasteiger partial charge on any atom is 0.214 e. The van der Waals surface area contributed by atoms with E-state index in [0.29, 0.717) is 16.6 Å². The van der Waals surface area contributed by atoms with Gasteiger partial charge in [0.15, 0.2) is 0 Å². The lowest BCUT2D eigenvalue weighted by molar-refractivity contribution is 0.267. The quantitative estimate of drug-likeness (QED) is 0.710. The number of nitrogens with two attached hydrogens (primary N) is 1. The van der Waals surface area contributed by atoms with Crippen molar-refractivity contribution < 1.29 is 9.84 Å². The van der Waals surface area contributed by atoms with Crippen LogP contribution in [0.25, 0.3) is 0 Å². The van der Waals surface area contributed by atoms with E-state index in [-0.39, 0.29) is 6.61 Å². The fourth-order valence-corrected chi connectivity index (χ4v) is 1.12. The first-order valence-electron chi connectivity index (χ1n) is 3.75. The molecule has 0 aliphatic rings. The monoisotopic (exact) mass is 202 g/mol. The number of ether oxygens (including phenoxy) is 1. The number of aliphatic hydroxyl groups excluding tert-OH is 1. The molecule has 1 aromatic heterocycles. The van der Waals surface area contributed by atoms with E-state index in [4.69, 9.17) is 27.2 Å². The number of hydrogen-bond acceptors (Lipinski definition) is 4. The summed E-state index contributed by atoms with van der Waals surface area (Å²) in [5, 5.41) is 9.12. The van der Waals surface area contributed by atoms with Gasteiger partial charge in [0.05, 0.1) is 19.8 Å². The minimum absolute atomic E-state index is 0.135. The zero-order valence-corrected chi connectivity index (χ0v) is 7.95. The molecular weight excluding hydrogens is 192 g/mol. The van der Waals surface area contributed by atoms with Crippen molar-refractivity contribution >= 4 is 11.6 Å². The van der Waals surface area contributed by atoms with Gasteiger partial charge >= 0.3 is 0 Å². The number of rotatable bonds is 3. The summed E-state index contributed by atoms with van der Waals surface area (Å²) in [6, 6.07) is 2.80. The van der Waals surface area contributed by atoms with Crippen molar-refractivity contribution in [2.45, 2.75) is 6.04 Å². The molecule has 4 nitrogen and oxygen atoms in total. The van der Waals surface area contributed by atoms with E-state index in [1.165, 1.54) is 7.11 Å². The van der Waals surface area contributed by atoms with E-state index >= 15 is 0 Å². The largest absolute Gasteiger partial charge is 0.481 e. The molecule has 72 valence electrons. The summed E-state index contributed by atoms with van der Waals surface area (Å²) in [6.07, 6.45) is 0. The Morgan fingerprint density at radius 3 is 2.92 bits per heavy atom. The van der Waals surface area contributed by atoms with Crippen molar-refractivity contribution in [3.63, 3.8) is 0 Å². The maximum absolute atomic E-state index is 8.81. The third-order valence-corrected chi connectivity index (χ3v) is 1.82. The number of hydrogen-bond donors (Lipinski definition) is 2. The number of nitrogens with zero attached hydrogens (tertiary/aromatic N) is 1. The van der Waals surface area contributed by atoms with Gasteiger partial charge in [-0.25, -0.2) is 4.98 Å². The average Bonchev–Trinajstić information content (AvgIpc) is 2.15. The van der Waals surface area contributed by atoms with Crippen molar-refractivity contribution in [3.8, 4) is 5.88 Å². The van der Waals surface area contributed by atoms with Gasteiger partial charge in [0.25, 0.3) is 0 Å². The molecule has 0 unspecified atom stereocenters. The van der Waals surface area contributed by atoms with Gasteiger partial charge in [-0.15, -0.1) is 0 Å². The van der Waals surface area contributed by atoms with E-state index in [2.05, 4.69) is 4.98 Å². The summed E-state index contributed by atoms with van der Waals surface area (Å²) >= 11 is 5.70. The van der Waals surface area contributed by atoms with Crippen molar-refractivity contribution in [3.05, 3.63) is 22.8 Å². The van der Waals surface area contributed by atoms with Crippen LogP contribution in [0.4, 0.5) is 0 Å². The number of methoxy groups -OCH3 is 1. The molecule has 0 aliphatic carbocycles. The molecule has 0 saturated heterocycles. The number of aliphatic hydroxyl groups is 1.